The zero-order valence-electron chi connectivity index (χ0n) is 11.0. The zero-order chi connectivity index (χ0) is 13.4. The SMILES string of the molecule is C=C(C)COc1cccc(Cl)c1CNCCOC. The van der Waals surface area contributed by atoms with E-state index in [2.05, 4.69) is 11.9 Å². The summed E-state index contributed by atoms with van der Waals surface area (Å²) < 4.78 is 10.7. The summed E-state index contributed by atoms with van der Waals surface area (Å²) in [6.45, 7) is 8.37. The number of nitrogens with one attached hydrogen (secondary N) is 1. The topological polar surface area (TPSA) is 30.5 Å². The lowest BCUT2D eigenvalue weighted by molar-refractivity contribution is 0.199. The fourth-order valence-corrected chi connectivity index (χ4v) is 1.67. The van der Waals surface area contributed by atoms with E-state index in [0.717, 1.165) is 23.4 Å². The van der Waals surface area contributed by atoms with Crippen LogP contribution in [0.1, 0.15) is 12.5 Å². The Labute approximate surface area is 114 Å². The molecule has 1 aromatic carbocycles. The Balaban J connectivity index is 2.64. The number of hydrogen-bond acceptors (Lipinski definition) is 3. The lowest BCUT2D eigenvalue weighted by Crippen LogP contribution is -2.19. The van der Waals surface area contributed by atoms with Crippen molar-refractivity contribution in [1.29, 1.82) is 0 Å². The molecule has 18 heavy (non-hydrogen) atoms. The summed E-state index contributed by atoms with van der Waals surface area (Å²) in [6.07, 6.45) is 0. The number of benzene rings is 1. The minimum Gasteiger partial charge on any atom is -0.489 e. The molecule has 0 radical (unpaired) electrons. The van der Waals surface area contributed by atoms with Gasteiger partial charge in [0.15, 0.2) is 0 Å². The second kappa shape index (κ2) is 8.14. The molecule has 0 bridgehead atoms. The van der Waals surface area contributed by atoms with Crippen molar-refractivity contribution >= 4 is 11.6 Å². The summed E-state index contributed by atoms with van der Waals surface area (Å²) in [5, 5.41) is 3.97. The van der Waals surface area contributed by atoms with Crippen molar-refractivity contribution in [3.63, 3.8) is 0 Å². The van der Waals surface area contributed by atoms with Gasteiger partial charge in [-0.05, 0) is 24.6 Å². The van der Waals surface area contributed by atoms with Crippen molar-refractivity contribution in [3.8, 4) is 5.75 Å². The predicted molar refractivity (Wildman–Crippen MR) is 75.3 cm³/mol. The third kappa shape index (κ3) is 5.08. The summed E-state index contributed by atoms with van der Waals surface area (Å²) in [6, 6.07) is 5.67. The molecule has 1 rings (SSSR count). The number of ether oxygens (including phenoxy) is 2. The lowest BCUT2D eigenvalue weighted by Gasteiger charge is -2.13. The minimum absolute atomic E-state index is 0.505. The third-order valence-corrected chi connectivity index (χ3v) is 2.69. The normalized spacial score (nSPS) is 10.4. The van der Waals surface area contributed by atoms with E-state index in [1.165, 1.54) is 0 Å². The van der Waals surface area contributed by atoms with Crippen LogP contribution in [0.3, 0.4) is 0 Å². The Hall–Kier alpha value is -1.03. The van der Waals surface area contributed by atoms with E-state index in [4.69, 9.17) is 21.1 Å². The summed E-state index contributed by atoms with van der Waals surface area (Å²) in [5.74, 6) is 0.801. The van der Waals surface area contributed by atoms with Crippen LogP contribution >= 0.6 is 11.6 Å². The van der Waals surface area contributed by atoms with Crippen LogP contribution in [0.15, 0.2) is 30.4 Å². The van der Waals surface area contributed by atoms with Crippen molar-refractivity contribution in [3.05, 3.63) is 40.9 Å². The van der Waals surface area contributed by atoms with E-state index in [9.17, 15) is 0 Å². The molecular formula is C14H20ClNO2. The van der Waals surface area contributed by atoms with Gasteiger partial charge in [-0.1, -0.05) is 24.2 Å². The van der Waals surface area contributed by atoms with E-state index in [0.29, 0.717) is 24.8 Å². The molecule has 0 aliphatic heterocycles. The Morgan fingerprint density at radius 3 is 2.89 bits per heavy atom. The van der Waals surface area contributed by atoms with Gasteiger partial charge in [0.2, 0.25) is 0 Å². The molecule has 0 heterocycles. The molecule has 0 aliphatic carbocycles. The Morgan fingerprint density at radius 1 is 1.44 bits per heavy atom. The smallest absolute Gasteiger partial charge is 0.125 e. The van der Waals surface area contributed by atoms with Crippen LogP contribution in [0.5, 0.6) is 5.75 Å². The molecule has 1 aromatic rings. The number of hydrogen-bond donors (Lipinski definition) is 1. The second-order valence-corrected chi connectivity index (χ2v) is 4.54. The van der Waals surface area contributed by atoms with E-state index in [1.54, 1.807) is 7.11 Å². The molecule has 3 nitrogen and oxygen atoms in total. The number of methoxy groups -OCH3 is 1. The Kier molecular flexibility index (Phi) is 6.80. The standard InChI is InChI=1S/C14H20ClNO2/c1-11(2)10-18-14-6-4-5-13(15)12(14)9-16-7-8-17-3/h4-6,16H,1,7-10H2,2-3H3. The van der Waals surface area contributed by atoms with E-state index < -0.39 is 0 Å². The highest BCUT2D eigenvalue weighted by molar-refractivity contribution is 6.31. The van der Waals surface area contributed by atoms with Crippen LogP contribution in [-0.4, -0.2) is 26.9 Å². The second-order valence-electron chi connectivity index (χ2n) is 4.13. The van der Waals surface area contributed by atoms with Crippen molar-refractivity contribution in [2.75, 3.05) is 26.9 Å². The fourth-order valence-electron chi connectivity index (χ4n) is 1.43. The monoisotopic (exact) mass is 269 g/mol. The average Bonchev–Trinajstić information content (AvgIpc) is 2.34. The van der Waals surface area contributed by atoms with Crippen molar-refractivity contribution in [2.24, 2.45) is 0 Å². The first-order chi connectivity index (χ1) is 8.65. The van der Waals surface area contributed by atoms with Crippen LogP contribution in [0, 0.1) is 0 Å². The maximum atomic E-state index is 6.18. The largest absolute Gasteiger partial charge is 0.489 e. The van der Waals surface area contributed by atoms with Crippen molar-refractivity contribution in [2.45, 2.75) is 13.5 Å². The minimum atomic E-state index is 0.505. The molecule has 0 aromatic heterocycles. The van der Waals surface area contributed by atoms with Crippen LogP contribution < -0.4 is 10.1 Å². The zero-order valence-corrected chi connectivity index (χ0v) is 11.7. The molecule has 0 fully saturated rings. The highest BCUT2D eigenvalue weighted by atomic mass is 35.5. The molecule has 0 aliphatic rings. The molecule has 0 saturated heterocycles. The van der Waals surface area contributed by atoms with Gasteiger partial charge < -0.3 is 14.8 Å². The molecule has 0 saturated carbocycles. The summed E-state index contributed by atoms with van der Waals surface area (Å²) in [5.41, 5.74) is 1.95. The Morgan fingerprint density at radius 2 is 2.22 bits per heavy atom. The maximum Gasteiger partial charge on any atom is 0.125 e. The molecule has 0 amide bonds. The van der Waals surface area contributed by atoms with Gasteiger partial charge >= 0.3 is 0 Å². The molecule has 4 heteroatoms. The van der Waals surface area contributed by atoms with Crippen molar-refractivity contribution in [1.82, 2.24) is 5.32 Å². The van der Waals surface area contributed by atoms with Crippen molar-refractivity contribution < 1.29 is 9.47 Å². The van der Waals surface area contributed by atoms with Gasteiger partial charge in [-0.2, -0.15) is 0 Å². The predicted octanol–water partition coefficient (Wildman–Crippen LogP) is 3.03. The third-order valence-electron chi connectivity index (χ3n) is 2.33. The van der Waals surface area contributed by atoms with Gasteiger partial charge in [0.1, 0.15) is 12.4 Å². The van der Waals surface area contributed by atoms with Gasteiger partial charge in [0.05, 0.1) is 6.61 Å². The summed E-state index contributed by atoms with van der Waals surface area (Å²) in [4.78, 5) is 0. The van der Waals surface area contributed by atoms with Crippen LogP contribution in [-0.2, 0) is 11.3 Å². The van der Waals surface area contributed by atoms with Gasteiger partial charge in [0, 0.05) is 30.8 Å². The first kappa shape index (κ1) is 15.0. The summed E-state index contributed by atoms with van der Waals surface area (Å²) >= 11 is 6.18. The molecule has 0 unspecified atom stereocenters. The lowest BCUT2D eigenvalue weighted by atomic mass is 10.2. The van der Waals surface area contributed by atoms with Gasteiger partial charge in [-0.15, -0.1) is 0 Å². The first-order valence-corrected chi connectivity index (χ1v) is 6.27. The van der Waals surface area contributed by atoms with Crippen LogP contribution in [0.4, 0.5) is 0 Å². The number of halogens is 1. The van der Waals surface area contributed by atoms with E-state index in [1.807, 2.05) is 25.1 Å². The molecule has 0 spiro atoms. The van der Waals surface area contributed by atoms with E-state index >= 15 is 0 Å². The van der Waals surface area contributed by atoms with Gasteiger partial charge in [0.25, 0.3) is 0 Å². The number of rotatable bonds is 8. The molecule has 0 atom stereocenters. The highest BCUT2D eigenvalue weighted by Gasteiger charge is 2.07. The van der Waals surface area contributed by atoms with Gasteiger partial charge in [-0.3, -0.25) is 0 Å². The highest BCUT2D eigenvalue weighted by Crippen LogP contribution is 2.26. The average molecular weight is 270 g/mol. The maximum absolute atomic E-state index is 6.18. The first-order valence-electron chi connectivity index (χ1n) is 5.89. The molecular weight excluding hydrogens is 250 g/mol. The van der Waals surface area contributed by atoms with E-state index in [-0.39, 0.29) is 0 Å². The quantitative estimate of drug-likeness (QED) is 0.581. The van der Waals surface area contributed by atoms with Crippen LogP contribution in [0.25, 0.3) is 0 Å². The summed E-state index contributed by atoms with van der Waals surface area (Å²) in [7, 11) is 1.68. The van der Waals surface area contributed by atoms with Gasteiger partial charge in [-0.25, -0.2) is 0 Å². The molecule has 100 valence electrons. The fraction of sp³-hybridized carbons (Fsp3) is 0.429. The Bertz CT molecular complexity index is 393. The molecule has 1 N–H and O–H groups in total. The van der Waals surface area contributed by atoms with Crippen LogP contribution in [0.2, 0.25) is 5.02 Å².